The number of benzene rings is 1. The molecule has 1 aliphatic rings. The number of hydrogen-bond acceptors (Lipinski definition) is 5. The second kappa shape index (κ2) is 8.29. The maximum atomic E-state index is 5.70. The first-order chi connectivity index (χ1) is 12.7. The summed E-state index contributed by atoms with van der Waals surface area (Å²) in [6.07, 6.45) is 1.95. The minimum Gasteiger partial charge on any atom is -0.361 e. The summed E-state index contributed by atoms with van der Waals surface area (Å²) in [5, 5.41) is 7.92. The summed E-state index contributed by atoms with van der Waals surface area (Å²) in [6.45, 7) is 10.0. The topological polar surface area (TPSA) is 74.9 Å². The Balaban J connectivity index is 0.000000948. The van der Waals surface area contributed by atoms with Gasteiger partial charge in [-0.05, 0) is 25.1 Å². The number of nitrogens with zero attached hydrogens (tertiary/aromatic N) is 2. The molecule has 6 nitrogen and oxygen atoms in total. The van der Waals surface area contributed by atoms with Gasteiger partial charge in [0, 0.05) is 40.8 Å². The van der Waals surface area contributed by atoms with Gasteiger partial charge in [-0.2, -0.15) is 0 Å². The number of hydrogen-bond donors (Lipinski definition) is 3. The molecule has 6 heteroatoms. The number of aromatic nitrogens is 3. The first-order valence-electron chi connectivity index (χ1n) is 9.21. The van der Waals surface area contributed by atoms with Crippen LogP contribution in [0.3, 0.4) is 0 Å². The van der Waals surface area contributed by atoms with Gasteiger partial charge in [0.05, 0.1) is 19.0 Å². The Morgan fingerprint density at radius 2 is 2.04 bits per heavy atom. The number of rotatable bonds is 2. The minimum absolute atomic E-state index is 0.314. The SMILES string of the molecule is CC.Cc1nc(Nc2cccc3[nH]ccc23)c2c(n1)C(C)CNCOC2. The van der Waals surface area contributed by atoms with E-state index in [9.17, 15) is 0 Å². The zero-order valence-electron chi connectivity index (χ0n) is 15.9. The maximum Gasteiger partial charge on any atom is 0.139 e. The van der Waals surface area contributed by atoms with Crippen LogP contribution in [0.5, 0.6) is 0 Å². The number of aryl methyl sites for hydroxylation is 1. The van der Waals surface area contributed by atoms with Crippen molar-refractivity contribution in [3.63, 3.8) is 0 Å². The van der Waals surface area contributed by atoms with E-state index in [4.69, 9.17) is 4.74 Å². The van der Waals surface area contributed by atoms with Crippen LogP contribution < -0.4 is 10.6 Å². The van der Waals surface area contributed by atoms with Gasteiger partial charge in [0.1, 0.15) is 11.6 Å². The number of H-pyrrole nitrogens is 1. The zero-order chi connectivity index (χ0) is 18.5. The third-order valence-electron chi connectivity index (χ3n) is 4.37. The van der Waals surface area contributed by atoms with Crippen molar-refractivity contribution in [1.29, 1.82) is 0 Å². The summed E-state index contributed by atoms with van der Waals surface area (Å²) >= 11 is 0. The number of fused-ring (bicyclic) bond motifs is 2. The van der Waals surface area contributed by atoms with E-state index >= 15 is 0 Å². The molecule has 26 heavy (non-hydrogen) atoms. The molecule has 0 fully saturated rings. The van der Waals surface area contributed by atoms with Gasteiger partial charge < -0.3 is 15.0 Å². The van der Waals surface area contributed by atoms with E-state index in [1.807, 2.05) is 33.0 Å². The molecule has 0 radical (unpaired) electrons. The molecule has 138 valence electrons. The molecule has 3 heterocycles. The Bertz CT molecular complexity index is 874. The van der Waals surface area contributed by atoms with Gasteiger partial charge in [-0.3, -0.25) is 5.32 Å². The predicted octanol–water partition coefficient (Wildman–Crippen LogP) is 4.22. The van der Waals surface area contributed by atoms with Crippen molar-refractivity contribution in [2.75, 3.05) is 18.6 Å². The lowest BCUT2D eigenvalue weighted by Gasteiger charge is -2.23. The second-order valence-electron chi connectivity index (χ2n) is 6.20. The Morgan fingerprint density at radius 1 is 1.19 bits per heavy atom. The standard InChI is InChI=1S/C18H21N5O.C2H6/c1-11-8-19-10-24-9-14-17(11)21-12(2)22-18(14)23-16-5-3-4-15-13(16)6-7-20-15;1-2/h3-7,11,19-20H,8-10H2,1-2H3,(H,21,22,23);1-2H3. The molecule has 2 aromatic heterocycles. The maximum absolute atomic E-state index is 5.70. The van der Waals surface area contributed by atoms with Gasteiger partial charge in [0.25, 0.3) is 0 Å². The Kier molecular flexibility index (Phi) is 5.85. The summed E-state index contributed by atoms with van der Waals surface area (Å²) in [6, 6.07) is 8.22. The summed E-state index contributed by atoms with van der Waals surface area (Å²) in [4.78, 5) is 12.6. The highest BCUT2D eigenvalue weighted by Gasteiger charge is 2.20. The van der Waals surface area contributed by atoms with Crippen molar-refractivity contribution in [2.45, 2.75) is 40.2 Å². The van der Waals surface area contributed by atoms with Gasteiger partial charge in [0.2, 0.25) is 0 Å². The third kappa shape index (κ3) is 3.71. The van der Waals surface area contributed by atoms with Crippen molar-refractivity contribution in [1.82, 2.24) is 20.3 Å². The summed E-state index contributed by atoms with van der Waals surface area (Å²) in [5.41, 5.74) is 4.23. The Labute approximate surface area is 154 Å². The van der Waals surface area contributed by atoms with E-state index < -0.39 is 0 Å². The smallest absolute Gasteiger partial charge is 0.139 e. The molecular formula is C20H27N5O. The normalized spacial score (nSPS) is 16.8. The largest absolute Gasteiger partial charge is 0.361 e. The quantitative estimate of drug-likeness (QED) is 0.643. The lowest BCUT2D eigenvalue weighted by molar-refractivity contribution is 0.0972. The highest BCUT2D eigenvalue weighted by molar-refractivity contribution is 5.93. The van der Waals surface area contributed by atoms with E-state index in [2.05, 4.69) is 50.7 Å². The van der Waals surface area contributed by atoms with Crippen LogP contribution in [0.4, 0.5) is 11.5 Å². The predicted molar refractivity (Wildman–Crippen MR) is 106 cm³/mol. The lowest BCUT2D eigenvalue weighted by Crippen LogP contribution is -2.27. The molecule has 3 N–H and O–H groups in total. The monoisotopic (exact) mass is 353 g/mol. The highest BCUT2D eigenvalue weighted by atomic mass is 16.5. The van der Waals surface area contributed by atoms with Crippen LogP contribution in [0.2, 0.25) is 0 Å². The molecule has 3 aromatic rings. The molecule has 1 aromatic carbocycles. The first kappa shape index (κ1) is 18.4. The molecule has 0 bridgehead atoms. The van der Waals surface area contributed by atoms with E-state index in [0.29, 0.717) is 19.3 Å². The van der Waals surface area contributed by atoms with Crippen molar-refractivity contribution < 1.29 is 4.74 Å². The lowest BCUT2D eigenvalue weighted by atomic mass is 10.0. The molecule has 0 saturated carbocycles. The van der Waals surface area contributed by atoms with Crippen LogP contribution in [-0.2, 0) is 11.3 Å². The van der Waals surface area contributed by atoms with Crippen molar-refractivity contribution in [3.05, 3.63) is 47.5 Å². The van der Waals surface area contributed by atoms with Gasteiger partial charge in [-0.15, -0.1) is 0 Å². The molecule has 1 aliphatic heterocycles. The summed E-state index contributed by atoms with van der Waals surface area (Å²) in [7, 11) is 0. The Hall–Kier alpha value is -2.44. The fourth-order valence-electron chi connectivity index (χ4n) is 3.19. The van der Waals surface area contributed by atoms with Crippen LogP contribution in [0.1, 0.15) is 43.8 Å². The summed E-state index contributed by atoms with van der Waals surface area (Å²) < 4.78 is 5.70. The van der Waals surface area contributed by atoms with Crippen LogP contribution in [0.15, 0.2) is 30.5 Å². The molecule has 1 atom stereocenters. The molecule has 4 rings (SSSR count). The van der Waals surface area contributed by atoms with Gasteiger partial charge in [-0.25, -0.2) is 9.97 Å². The molecular weight excluding hydrogens is 326 g/mol. The van der Waals surface area contributed by atoms with Gasteiger partial charge >= 0.3 is 0 Å². The minimum atomic E-state index is 0.314. The third-order valence-corrected chi connectivity index (χ3v) is 4.37. The average Bonchev–Trinajstić information content (AvgIpc) is 3.12. The molecule has 0 amide bonds. The van der Waals surface area contributed by atoms with Crippen LogP contribution >= 0.6 is 0 Å². The van der Waals surface area contributed by atoms with Crippen LogP contribution in [0, 0.1) is 6.92 Å². The molecule has 0 saturated heterocycles. The zero-order valence-corrected chi connectivity index (χ0v) is 15.9. The van der Waals surface area contributed by atoms with E-state index in [1.165, 1.54) is 0 Å². The number of anilines is 2. The van der Waals surface area contributed by atoms with Crippen molar-refractivity contribution in [3.8, 4) is 0 Å². The second-order valence-corrected chi connectivity index (χ2v) is 6.20. The van der Waals surface area contributed by atoms with Gasteiger partial charge in [0.15, 0.2) is 0 Å². The fourth-order valence-corrected chi connectivity index (χ4v) is 3.19. The van der Waals surface area contributed by atoms with E-state index in [1.54, 1.807) is 0 Å². The molecule has 0 aliphatic carbocycles. The van der Waals surface area contributed by atoms with Crippen molar-refractivity contribution in [2.24, 2.45) is 0 Å². The Morgan fingerprint density at radius 3 is 2.88 bits per heavy atom. The van der Waals surface area contributed by atoms with E-state index in [0.717, 1.165) is 46.0 Å². The molecule has 1 unspecified atom stereocenters. The number of aromatic amines is 1. The van der Waals surface area contributed by atoms with E-state index in [-0.39, 0.29) is 0 Å². The summed E-state index contributed by atoms with van der Waals surface area (Å²) in [5.74, 6) is 1.92. The van der Waals surface area contributed by atoms with Crippen molar-refractivity contribution >= 4 is 22.4 Å². The highest BCUT2D eigenvalue weighted by Crippen LogP contribution is 2.30. The molecule has 0 spiro atoms. The number of nitrogens with one attached hydrogen (secondary N) is 3. The fraction of sp³-hybridized carbons (Fsp3) is 0.400. The van der Waals surface area contributed by atoms with Crippen LogP contribution in [0.25, 0.3) is 10.9 Å². The average molecular weight is 353 g/mol. The number of ether oxygens (including phenoxy) is 1. The van der Waals surface area contributed by atoms with Gasteiger partial charge in [-0.1, -0.05) is 26.8 Å². The first-order valence-corrected chi connectivity index (χ1v) is 9.21. The van der Waals surface area contributed by atoms with Crippen LogP contribution in [-0.4, -0.2) is 28.2 Å².